The normalized spacial score (nSPS) is 14.6. The largest absolute Gasteiger partial charge is 0.418 e. The molecule has 0 bridgehead atoms. The molecule has 3 aromatic rings. The van der Waals surface area contributed by atoms with Crippen LogP contribution in [0.4, 0.5) is 19.0 Å². The second-order valence-corrected chi connectivity index (χ2v) is 8.63. The second-order valence-electron chi connectivity index (χ2n) is 7.37. The number of benzene rings is 2. The van der Waals surface area contributed by atoms with Crippen molar-refractivity contribution in [3.8, 4) is 5.69 Å². The van der Waals surface area contributed by atoms with E-state index in [2.05, 4.69) is 27.5 Å². The van der Waals surface area contributed by atoms with Gasteiger partial charge in [-0.15, -0.1) is 0 Å². The van der Waals surface area contributed by atoms with Crippen LogP contribution in [0.15, 0.2) is 58.3 Å². The lowest BCUT2D eigenvalue weighted by atomic mass is 10.1. The molecule has 1 fully saturated rings. The van der Waals surface area contributed by atoms with Crippen molar-refractivity contribution in [3.63, 3.8) is 0 Å². The topological polar surface area (TPSA) is 58.4 Å². The summed E-state index contributed by atoms with van der Waals surface area (Å²) in [4.78, 5) is 32.6. The van der Waals surface area contributed by atoms with Crippen LogP contribution in [0.5, 0.6) is 0 Å². The number of halogens is 5. The lowest BCUT2D eigenvalue weighted by Gasteiger charge is -2.35. The monoisotopic (exact) mass is 540 g/mol. The number of fused-ring (bicyclic) bond motifs is 1. The zero-order chi connectivity index (χ0) is 23.9. The van der Waals surface area contributed by atoms with Gasteiger partial charge in [0.05, 0.1) is 21.8 Å². The Kier molecular flexibility index (Phi) is 6.24. The van der Waals surface area contributed by atoms with E-state index >= 15 is 0 Å². The molecule has 2 heterocycles. The van der Waals surface area contributed by atoms with Crippen molar-refractivity contribution >= 4 is 50.2 Å². The van der Waals surface area contributed by atoms with Crippen molar-refractivity contribution < 1.29 is 18.0 Å². The summed E-state index contributed by atoms with van der Waals surface area (Å²) in [5.41, 5.74) is -1.91. The molecule has 1 aliphatic rings. The molecule has 1 amide bonds. The van der Waals surface area contributed by atoms with Crippen LogP contribution in [0.25, 0.3) is 16.6 Å². The summed E-state index contributed by atoms with van der Waals surface area (Å²) in [6, 6.07) is 7.91. The Morgan fingerprint density at radius 3 is 2.45 bits per heavy atom. The van der Waals surface area contributed by atoms with Gasteiger partial charge in [0.25, 0.3) is 0 Å². The smallest absolute Gasteiger partial charge is 0.352 e. The van der Waals surface area contributed by atoms with Crippen LogP contribution in [-0.4, -0.2) is 46.5 Å². The van der Waals surface area contributed by atoms with E-state index in [9.17, 15) is 22.8 Å². The van der Waals surface area contributed by atoms with Crippen molar-refractivity contribution in [2.24, 2.45) is 0 Å². The van der Waals surface area contributed by atoms with Gasteiger partial charge in [0.1, 0.15) is 5.82 Å². The van der Waals surface area contributed by atoms with Gasteiger partial charge in [0, 0.05) is 36.0 Å². The fourth-order valence-electron chi connectivity index (χ4n) is 3.85. The SMILES string of the molecule is C=CC(=O)N1CCN(c2nc(=O)n(-c3ccccc3C(F)(F)F)c3cc(Br)c(Cl)cc23)CC1. The molecule has 0 radical (unpaired) electrons. The van der Waals surface area contributed by atoms with Crippen molar-refractivity contribution in [1.82, 2.24) is 14.5 Å². The van der Waals surface area contributed by atoms with Gasteiger partial charge in [-0.1, -0.05) is 30.3 Å². The minimum atomic E-state index is -4.67. The van der Waals surface area contributed by atoms with Gasteiger partial charge >= 0.3 is 11.9 Å². The molecule has 0 aliphatic carbocycles. The molecule has 4 rings (SSSR count). The van der Waals surface area contributed by atoms with E-state index in [1.165, 1.54) is 30.3 Å². The standard InChI is InChI=1S/C22H17BrClF3N4O2/c1-2-19(32)29-7-9-30(10-8-29)20-13-11-16(24)15(23)12-18(13)31(21(33)28-20)17-6-4-3-5-14(17)22(25,26)27/h2-6,11-12H,1,7-10H2. The third-order valence-electron chi connectivity index (χ3n) is 5.43. The molecule has 11 heteroatoms. The Morgan fingerprint density at radius 1 is 1.15 bits per heavy atom. The zero-order valence-corrected chi connectivity index (χ0v) is 19.4. The Labute approximate surface area is 200 Å². The molecule has 0 saturated carbocycles. The number of aromatic nitrogens is 2. The molecule has 0 unspecified atom stereocenters. The molecule has 1 saturated heterocycles. The first-order valence-electron chi connectivity index (χ1n) is 9.86. The summed E-state index contributed by atoms with van der Waals surface area (Å²) in [6.45, 7) is 5.03. The maximum Gasteiger partial charge on any atom is 0.418 e. The number of carbonyl (C=O) groups is 1. The van der Waals surface area contributed by atoms with Crippen molar-refractivity contribution in [2.45, 2.75) is 6.18 Å². The van der Waals surface area contributed by atoms with Crippen molar-refractivity contribution in [2.75, 3.05) is 31.1 Å². The molecule has 33 heavy (non-hydrogen) atoms. The van der Waals surface area contributed by atoms with Gasteiger partial charge in [0.15, 0.2) is 0 Å². The summed E-state index contributed by atoms with van der Waals surface area (Å²) in [6.07, 6.45) is -3.43. The number of hydrogen-bond acceptors (Lipinski definition) is 4. The minimum absolute atomic E-state index is 0.196. The van der Waals surface area contributed by atoms with Gasteiger partial charge < -0.3 is 9.80 Å². The van der Waals surface area contributed by atoms with Gasteiger partial charge in [0.2, 0.25) is 5.91 Å². The van der Waals surface area contributed by atoms with Gasteiger partial charge in [-0.2, -0.15) is 18.2 Å². The summed E-state index contributed by atoms with van der Waals surface area (Å²) >= 11 is 9.60. The minimum Gasteiger partial charge on any atom is -0.352 e. The molecule has 1 aromatic heterocycles. The Morgan fingerprint density at radius 2 is 1.82 bits per heavy atom. The first-order chi connectivity index (χ1) is 15.6. The van der Waals surface area contributed by atoms with E-state index in [1.807, 2.05) is 4.90 Å². The van der Waals surface area contributed by atoms with Crippen LogP contribution in [0.1, 0.15) is 5.56 Å². The molecule has 0 spiro atoms. The number of rotatable bonds is 3. The van der Waals surface area contributed by atoms with Crippen molar-refractivity contribution in [1.29, 1.82) is 0 Å². The lowest BCUT2D eigenvalue weighted by Crippen LogP contribution is -2.49. The summed E-state index contributed by atoms with van der Waals surface area (Å²) in [5.74, 6) is 0.106. The van der Waals surface area contributed by atoms with Crippen LogP contribution in [-0.2, 0) is 11.0 Å². The molecule has 0 N–H and O–H groups in total. The van der Waals surface area contributed by atoms with E-state index in [0.29, 0.717) is 46.9 Å². The number of para-hydroxylation sites is 1. The van der Waals surface area contributed by atoms with Crippen LogP contribution in [0, 0.1) is 0 Å². The van der Waals surface area contributed by atoms with E-state index in [4.69, 9.17) is 11.6 Å². The average Bonchev–Trinajstić information content (AvgIpc) is 2.79. The molecular formula is C22H17BrClF3N4O2. The highest BCUT2D eigenvalue weighted by atomic mass is 79.9. The van der Waals surface area contributed by atoms with E-state index in [1.54, 1.807) is 11.0 Å². The number of anilines is 1. The quantitative estimate of drug-likeness (QED) is 0.453. The summed E-state index contributed by atoms with van der Waals surface area (Å²) in [5, 5.41) is 0.739. The molecule has 0 atom stereocenters. The Hall–Kier alpha value is -2.85. The Balaban J connectivity index is 1.91. The number of carbonyl (C=O) groups excluding carboxylic acids is 1. The fraction of sp³-hybridized carbons (Fsp3) is 0.227. The second kappa shape index (κ2) is 8.83. The number of piperazine rings is 1. The predicted octanol–water partition coefficient (Wildman–Crippen LogP) is 4.66. The van der Waals surface area contributed by atoms with Crippen LogP contribution < -0.4 is 10.6 Å². The van der Waals surface area contributed by atoms with Crippen LogP contribution >= 0.6 is 27.5 Å². The van der Waals surface area contributed by atoms with Crippen molar-refractivity contribution in [3.05, 3.63) is 74.6 Å². The van der Waals surface area contributed by atoms with Gasteiger partial charge in [-0.3, -0.25) is 9.36 Å². The average molecular weight is 542 g/mol. The zero-order valence-electron chi connectivity index (χ0n) is 17.1. The third kappa shape index (κ3) is 4.37. The lowest BCUT2D eigenvalue weighted by molar-refractivity contribution is -0.137. The molecule has 2 aromatic carbocycles. The molecule has 6 nitrogen and oxygen atoms in total. The van der Waals surface area contributed by atoms with E-state index in [0.717, 1.165) is 10.6 Å². The number of nitrogens with zero attached hydrogens (tertiary/aromatic N) is 4. The number of amides is 1. The highest BCUT2D eigenvalue weighted by Gasteiger charge is 2.34. The molecule has 172 valence electrons. The number of alkyl halides is 3. The van der Waals surface area contributed by atoms with Gasteiger partial charge in [-0.05, 0) is 46.3 Å². The predicted molar refractivity (Wildman–Crippen MR) is 124 cm³/mol. The summed E-state index contributed by atoms with van der Waals surface area (Å²) in [7, 11) is 0. The highest BCUT2D eigenvalue weighted by Crippen LogP contribution is 2.37. The number of hydrogen-bond donors (Lipinski definition) is 0. The Bertz CT molecular complexity index is 1320. The van der Waals surface area contributed by atoms with E-state index < -0.39 is 17.4 Å². The van der Waals surface area contributed by atoms with E-state index in [-0.39, 0.29) is 17.1 Å². The maximum absolute atomic E-state index is 13.7. The van der Waals surface area contributed by atoms with Crippen LogP contribution in [0.3, 0.4) is 0 Å². The first-order valence-corrected chi connectivity index (χ1v) is 11.0. The summed E-state index contributed by atoms with van der Waals surface area (Å²) < 4.78 is 42.5. The molecular weight excluding hydrogens is 525 g/mol. The third-order valence-corrected chi connectivity index (χ3v) is 6.63. The molecule has 1 aliphatic heterocycles. The maximum atomic E-state index is 13.7. The fourth-order valence-corrected chi connectivity index (χ4v) is 4.35. The first kappa shape index (κ1) is 23.3. The van der Waals surface area contributed by atoms with Gasteiger partial charge in [-0.25, -0.2) is 4.79 Å². The highest BCUT2D eigenvalue weighted by molar-refractivity contribution is 9.10. The van der Waals surface area contributed by atoms with Crippen LogP contribution in [0.2, 0.25) is 5.02 Å².